The quantitative estimate of drug-likeness (QED) is 0.410. The first-order valence-electron chi connectivity index (χ1n) is 9.62. The highest BCUT2D eigenvalue weighted by Gasteiger charge is 2.59. The minimum atomic E-state index is -0.243. The molecule has 1 aromatic heterocycles. The van der Waals surface area contributed by atoms with Crippen LogP contribution < -0.4 is 0 Å². The molecule has 2 aromatic rings. The lowest BCUT2D eigenvalue weighted by molar-refractivity contribution is -0.140. The number of benzene rings is 1. The Labute approximate surface area is 178 Å². The molecule has 2 fully saturated rings. The molecule has 148 valence electrons. The molecule has 1 saturated heterocycles. The summed E-state index contributed by atoms with van der Waals surface area (Å²) in [7, 11) is 0. The van der Waals surface area contributed by atoms with Gasteiger partial charge in [0.25, 0.3) is 11.8 Å². The molecule has 29 heavy (non-hydrogen) atoms. The van der Waals surface area contributed by atoms with Gasteiger partial charge in [0.05, 0.1) is 33.8 Å². The van der Waals surface area contributed by atoms with E-state index in [1.807, 2.05) is 36.6 Å². The number of hydrazone groups is 1. The van der Waals surface area contributed by atoms with Crippen LogP contribution in [0.3, 0.4) is 0 Å². The van der Waals surface area contributed by atoms with Crippen molar-refractivity contribution in [2.45, 2.75) is 20.3 Å². The number of imide groups is 1. The van der Waals surface area contributed by atoms with E-state index in [1.54, 1.807) is 12.3 Å². The predicted molar refractivity (Wildman–Crippen MR) is 112 cm³/mol. The Balaban J connectivity index is 1.46. The highest BCUT2D eigenvalue weighted by atomic mass is 35.5. The molecular formula is C22H19Cl2N3O2. The number of allylic oxidation sites excluding steroid dienone is 2. The third kappa shape index (κ3) is 2.64. The Hall–Kier alpha value is -2.37. The van der Waals surface area contributed by atoms with Gasteiger partial charge in [-0.15, -0.1) is 0 Å². The zero-order valence-corrected chi connectivity index (χ0v) is 17.5. The number of aromatic nitrogens is 1. The summed E-state index contributed by atoms with van der Waals surface area (Å²) in [5.41, 5.74) is 3.44. The number of hydrogen-bond donors (Lipinski definition) is 0. The van der Waals surface area contributed by atoms with Gasteiger partial charge >= 0.3 is 0 Å². The summed E-state index contributed by atoms with van der Waals surface area (Å²) in [6.07, 6.45) is 6.65. The molecule has 1 aromatic carbocycles. The zero-order chi connectivity index (χ0) is 20.4. The minimum absolute atomic E-state index is 0.177. The largest absolute Gasteiger partial charge is 0.316 e. The fourth-order valence-electron chi connectivity index (χ4n) is 5.07. The molecule has 0 unspecified atom stereocenters. The monoisotopic (exact) mass is 427 g/mol. The fraction of sp³-hybridized carbons (Fsp3) is 0.318. The van der Waals surface area contributed by atoms with Gasteiger partial charge in [0.1, 0.15) is 0 Å². The smallest absolute Gasteiger partial charge is 0.254 e. The number of amides is 2. The van der Waals surface area contributed by atoms with Crippen molar-refractivity contribution in [2.75, 3.05) is 0 Å². The molecule has 1 saturated carbocycles. The van der Waals surface area contributed by atoms with Crippen molar-refractivity contribution in [3.63, 3.8) is 0 Å². The second-order valence-electron chi connectivity index (χ2n) is 7.97. The molecule has 2 amide bonds. The van der Waals surface area contributed by atoms with Gasteiger partial charge in [-0.3, -0.25) is 9.59 Å². The number of hydrogen-bond acceptors (Lipinski definition) is 3. The average molecular weight is 428 g/mol. The molecule has 0 N–H and O–H groups in total. The summed E-state index contributed by atoms with van der Waals surface area (Å²) in [6, 6.07) is 7.44. The van der Waals surface area contributed by atoms with Crippen LogP contribution in [0.15, 0.2) is 41.5 Å². The van der Waals surface area contributed by atoms with E-state index in [-0.39, 0.29) is 35.5 Å². The molecule has 1 aliphatic heterocycles. The minimum Gasteiger partial charge on any atom is -0.316 e. The molecule has 2 aliphatic carbocycles. The highest BCUT2D eigenvalue weighted by Crippen LogP contribution is 2.52. The van der Waals surface area contributed by atoms with Crippen molar-refractivity contribution in [1.82, 2.24) is 9.58 Å². The number of rotatable bonds is 3. The second-order valence-corrected chi connectivity index (χ2v) is 8.75. The molecule has 0 spiro atoms. The van der Waals surface area contributed by atoms with Crippen LogP contribution in [0.25, 0.3) is 5.69 Å². The Bertz CT molecular complexity index is 1090. The Kier molecular flexibility index (Phi) is 4.23. The maximum atomic E-state index is 12.8. The normalized spacial score (nSPS) is 27.7. The van der Waals surface area contributed by atoms with Gasteiger partial charge in [-0.2, -0.15) is 10.1 Å². The van der Waals surface area contributed by atoms with Crippen molar-refractivity contribution in [3.8, 4) is 5.69 Å². The van der Waals surface area contributed by atoms with Crippen LogP contribution in [0, 0.1) is 37.5 Å². The Morgan fingerprint density at radius 2 is 1.72 bits per heavy atom. The molecule has 5 nitrogen and oxygen atoms in total. The highest BCUT2D eigenvalue weighted by molar-refractivity contribution is 6.43. The van der Waals surface area contributed by atoms with Gasteiger partial charge in [-0.1, -0.05) is 41.4 Å². The second kappa shape index (κ2) is 6.57. The van der Waals surface area contributed by atoms with Crippen molar-refractivity contribution < 1.29 is 9.59 Å². The number of nitrogens with zero attached hydrogens (tertiary/aromatic N) is 3. The van der Waals surface area contributed by atoms with E-state index in [0.29, 0.717) is 10.0 Å². The van der Waals surface area contributed by atoms with E-state index >= 15 is 0 Å². The van der Waals surface area contributed by atoms with E-state index in [4.69, 9.17) is 23.2 Å². The lowest BCUT2D eigenvalue weighted by atomic mass is 9.85. The van der Waals surface area contributed by atoms with Crippen molar-refractivity contribution in [2.24, 2.45) is 28.8 Å². The van der Waals surface area contributed by atoms with Crippen LogP contribution in [0.5, 0.6) is 0 Å². The lowest BCUT2D eigenvalue weighted by Gasteiger charge is -2.13. The van der Waals surface area contributed by atoms with Crippen molar-refractivity contribution in [1.29, 1.82) is 0 Å². The summed E-state index contributed by atoms with van der Waals surface area (Å²) in [5, 5.41) is 6.32. The van der Waals surface area contributed by atoms with Gasteiger partial charge in [-0.25, -0.2) is 0 Å². The Morgan fingerprint density at radius 1 is 1.07 bits per heavy atom. The third-order valence-corrected chi connectivity index (χ3v) is 7.21. The van der Waals surface area contributed by atoms with E-state index in [2.05, 4.69) is 17.3 Å². The van der Waals surface area contributed by atoms with E-state index in [0.717, 1.165) is 34.1 Å². The van der Waals surface area contributed by atoms with E-state index in [1.165, 1.54) is 0 Å². The number of halogens is 2. The number of carbonyl (C=O) groups excluding carboxylic acids is 2. The molecular weight excluding hydrogens is 409 g/mol. The predicted octanol–water partition coefficient (Wildman–Crippen LogP) is 4.54. The SMILES string of the molecule is Cc1cc(C=NN2C(=O)[C@@H]3[C@H](C2=O)[C@H]2C=C[C@H]3C2)c(C)n1-c1cccc(Cl)c1Cl. The summed E-state index contributed by atoms with van der Waals surface area (Å²) >= 11 is 12.6. The first kappa shape index (κ1) is 18.6. The number of aryl methyl sites for hydroxylation is 1. The summed E-state index contributed by atoms with van der Waals surface area (Å²) < 4.78 is 1.99. The summed E-state index contributed by atoms with van der Waals surface area (Å²) in [4.78, 5) is 25.6. The van der Waals surface area contributed by atoms with E-state index < -0.39 is 0 Å². The zero-order valence-electron chi connectivity index (χ0n) is 16.0. The molecule has 5 rings (SSSR count). The topological polar surface area (TPSA) is 54.7 Å². The number of carbonyl (C=O) groups is 2. The maximum absolute atomic E-state index is 12.8. The Morgan fingerprint density at radius 3 is 2.38 bits per heavy atom. The third-order valence-electron chi connectivity index (χ3n) is 6.40. The molecule has 7 heteroatoms. The van der Waals surface area contributed by atoms with Crippen molar-refractivity contribution >= 4 is 41.2 Å². The first-order chi connectivity index (χ1) is 13.9. The van der Waals surface area contributed by atoms with Crippen LogP contribution in [0.4, 0.5) is 0 Å². The van der Waals surface area contributed by atoms with E-state index in [9.17, 15) is 9.59 Å². The van der Waals surface area contributed by atoms with Gasteiger partial charge in [0, 0.05) is 17.0 Å². The molecule has 0 radical (unpaired) electrons. The summed E-state index contributed by atoms with van der Waals surface area (Å²) in [6.45, 7) is 3.90. The lowest BCUT2D eigenvalue weighted by Crippen LogP contribution is -2.28. The van der Waals surface area contributed by atoms with Gasteiger partial charge in [0.15, 0.2) is 0 Å². The maximum Gasteiger partial charge on any atom is 0.254 e. The van der Waals surface area contributed by atoms with Crippen LogP contribution in [-0.2, 0) is 9.59 Å². The van der Waals surface area contributed by atoms with Crippen LogP contribution in [-0.4, -0.2) is 27.6 Å². The molecule has 2 heterocycles. The van der Waals surface area contributed by atoms with Crippen LogP contribution in [0.2, 0.25) is 10.0 Å². The first-order valence-corrected chi connectivity index (χ1v) is 10.4. The molecule has 3 aliphatic rings. The fourth-order valence-corrected chi connectivity index (χ4v) is 5.45. The number of fused-ring (bicyclic) bond motifs is 5. The van der Waals surface area contributed by atoms with Gasteiger partial charge in [-0.05, 0) is 50.3 Å². The standard InChI is InChI=1S/C22H19Cl2N3O2/c1-11-8-15(12(2)26(11)17-5-3-4-16(23)20(17)24)10-25-27-21(28)18-13-6-7-14(9-13)19(18)22(27)29/h3-8,10,13-14,18-19H,9H2,1-2H3/t13-,14-,18-,19+/m0/s1. The van der Waals surface area contributed by atoms with Crippen LogP contribution >= 0.6 is 23.2 Å². The van der Waals surface area contributed by atoms with Crippen LogP contribution in [0.1, 0.15) is 23.4 Å². The average Bonchev–Trinajstić information content (AvgIpc) is 3.42. The van der Waals surface area contributed by atoms with Crippen molar-refractivity contribution in [3.05, 3.63) is 63.4 Å². The summed E-state index contributed by atoms with van der Waals surface area (Å²) in [5.74, 6) is -0.493. The van der Waals surface area contributed by atoms with Gasteiger partial charge in [0.2, 0.25) is 0 Å². The van der Waals surface area contributed by atoms with Gasteiger partial charge < -0.3 is 4.57 Å². The molecule has 4 atom stereocenters. The molecule has 2 bridgehead atoms.